The first kappa shape index (κ1) is 22.1. The average molecular weight is 431 g/mol. The number of ether oxygens (including phenoxy) is 1. The number of nitrogens with one attached hydrogen (secondary N) is 1. The number of benzene rings is 2. The summed E-state index contributed by atoms with van der Waals surface area (Å²) in [5, 5.41) is 8.49. The minimum atomic E-state index is -4.54. The number of carbonyl (C=O) groups excluding carboxylic acids is 1. The molecule has 0 saturated heterocycles. The van der Waals surface area contributed by atoms with E-state index in [1.165, 1.54) is 16.1 Å². The quantitative estimate of drug-likeness (QED) is 0.336. The molecule has 9 heteroatoms. The molecule has 3 aromatic rings. The van der Waals surface area contributed by atoms with E-state index in [2.05, 4.69) is 4.98 Å². The SMILES string of the molecule is COc1ccc(Cn2cc(C(F)(F)F)nc2Cc2ccc(C=CC(=O)NO)cc2)cc1. The summed E-state index contributed by atoms with van der Waals surface area (Å²) in [6, 6.07) is 14.0. The summed E-state index contributed by atoms with van der Waals surface area (Å²) in [6.45, 7) is 0.236. The van der Waals surface area contributed by atoms with E-state index in [9.17, 15) is 18.0 Å². The van der Waals surface area contributed by atoms with Gasteiger partial charge in [-0.05, 0) is 34.9 Å². The topological polar surface area (TPSA) is 76.4 Å². The Balaban J connectivity index is 1.82. The number of halogens is 3. The molecule has 162 valence electrons. The number of methoxy groups -OCH3 is 1. The lowest BCUT2D eigenvalue weighted by Gasteiger charge is -2.09. The normalized spacial score (nSPS) is 11.6. The molecular formula is C22H20F3N3O3. The fourth-order valence-electron chi connectivity index (χ4n) is 2.93. The Morgan fingerprint density at radius 1 is 1.13 bits per heavy atom. The molecule has 0 aliphatic carbocycles. The Labute approximate surface area is 176 Å². The van der Waals surface area contributed by atoms with Crippen molar-refractivity contribution in [3.63, 3.8) is 0 Å². The maximum atomic E-state index is 13.2. The average Bonchev–Trinajstić information content (AvgIpc) is 3.16. The number of aromatic nitrogens is 2. The standard InChI is InChI=1S/C22H20F3N3O3/c1-31-18-9-6-17(7-10-18)13-28-14-19(22(23,24)25)26-20(28)12-16-4-2-15(3-5-16)8-11-21(29)27-30/h2-11,14,30H,12-13H2,1H3,(H,27,29). The lowest BCUT2D eigenvalue weighted by Crippen LogP contribution is -2.14. The molecule has 1 heterocycles. The van der Waals surface area contributed by atoms with E-state index in [4.69, 9.17) is 9.94 Å². The highest BCUT2D eigenvalue weighted by atomic mass is 19.4. The summed E-state index contributed by atoms with van der Waals surface area (Å²) in [6.07, 6.45) is -0.659. The smallest absolute Gasteiger partial charge is 0.434 e. The molecule has 1 aromatic heterocycles. The van der Waals surface area contributed by atoms with Crippen molar-refractivity contribution in [1.29, 1.82) is 0 Å². The van der Waals surface area contributed by atoms with Crippen LogP contribution in [0.3, 0.4) is 0 Å². The molecule has 2 aromatic carbocycles. The van der Waals surface area contributed by atoms with Gasteiger partial charge in [0.2, 0.25) is 0 Å². The number of alkyl halides is 3. The summed E-state index contributed by atoms with van der Waals surface area (Å²) in [5.74, 6) is 0.284. The molecule has 0 atom stereocenters. The third-order valence-electron chi connectivity index (χ3n) is 4.54. The largest absolute Gasteiger partial charge is 0.497 e. The van der Waals surface area contributed by atoms with Crippen LogP contribution in [0.15, 0.2) is 60.8 Å². The number of hydroxylamine groups is 1. The van der Waals surface area contributed by atoms with Crippen molar-refractivity contribution in [3.8, 4) is 5.75 Å². The molecule has 1 amide bonds. The number of nitrogens with zero attached hydrogens (tertiary/aromatic N) is 2. The van der Waals surface area contributed by atoms with Crippen LogP contribution in [0.4, 0.5) is 13.2 Å². The third-order valence-corrected chi connectivity index (χ3v) is 4.54. The van der Waals surface area contributed by atoms with Crippen LogP contribution in [-0.2, 0) is 23.9 Å². The molecule has 6 nitrogen and oxygen atoms in total. The van der Waals surface area contributed by atoms with Crippen molar-refractivity contribution in [2.24, 2.45) is 0 Å². The molecule has 0 spiro atoms. The number of amides is 1. The number of hydrogen-bond acceptors (Lipinski definition) is 4. The van der Waals surface area contributed by atoms with E-state index in [1.54, 1.807) is 55.6 Å². The molecule has 3 rings (SSSR count). The molecule has 0 unspecified atom stereocenters. The van der Waals surface area contributed by atoms with Gasteiger partial charge in [0, 0.05) is 25.2 Å². The lowest BCUT2D eigenvalue weighted by atomic mass is 10.1. The molecule has 0 bridgehead atoms. The zero-order valence-electron chi connectivity index (χ0n) is 16.6. The molecule has 0 saturated carbocycles. The number of rotatable bonds is 7. The van der Waals surface area contributed by atoms with Gasteiger partial charge in [-0.1, -0.05) is 36.4 Å². The second-order valence-electron chi connectivity index (χ2n) is 6.74. The van der Waals surface area contributed by atoms with E-state index in [0.717, 1.165) is 23.4 Å². The maximum Gasteiger partial charge on any atom is 0.434 e. The van der Waals surface area contributed by atoms with Crippen molar-refractivity contribution in [2.75, 3.05) is 7.11 Å². The van der Waals surface area contributed by atoms with Gasteiger partial charge in [0.1, 0.15) is 11.6 Å². The van der Waals surface area contributed by atoms with Crippen LogP contribution in [0.1, 0.15) is 28.2 Å². The zero-order chi connectivity index (χ0) is 22.4. The van der Waals surface area contributed by atoms with Gasteiger partial charge in [-0.3, -0.25) is 10.0 Å². The Morgan fingerprint density at radius 2 is 1.77 bits per heavy atom. The first-order valence-corrected chi connectivity index (χ1v) is 9.26. The highest BCUT2D eigenvalue weighted by Gasteiger charge is 2.34. The predicted molar refractivity (Wildman–Crippen MR) is 108 cm³/mol. The van der Waals surface area contributed by atoms with E-state index in [1.807, 2.05) is 0 Å². The first-order valence-electron chi connectivity index (χ1n) is 9.26. The number of carbonyl (C=O) groups is 1. The number of imidazole rings is 1. The Morgan fingerprint density at radius 3 is 2.35 bits per heavy atom. The Kier molecular flexibility index (Phi) is 6.76. The van der Waals surface area contributed by atoms with Gasteiger partial charge in [0.15, 0.2) is 5.69 Å². The molecule has 0 fully saturated rings. The van der Waals surface area contributed by atoms with Gasteiger partial charge in [-0.2, -0.15) is 13.2 Å². The van der Waals surface area contributed by atoms with Crippen LogP contribution >= 0.6 is 0 Å². The summed E-state index contributed by atoms with van der Waals surface area (Å²) >= 11 is 0. The monoisotopic (exact) mass is 431 g/mol. The van der Waals surface area contributed by atoms with Crippen LogP contribution in [-0.4, -0.2) is 27.8 Å². The van der Waals surface area contributed by atoms with Crippen LogP contribution in [0.25, 0.3) is 6.08 Å². The second-order valence-corrected chi connectivity index (χ2v) is 6.74. The van der Waals surface area contributed by atoms with Crippen molar-refractivity contribution in [1.82, 2.24) is 15.0 Å². The van der Waals surface area contributed by atoms with E-state index >= 15 is 0 Å². The van der Waals surface area contributed by atoms with Crippen LogP contribution < -0.4 is 10.2 Å². The van der Waals surface area contributed by atoms with Crippen molar-refractivity contribution < 1.29 is 27.9 Å². The van der Waals surface area contributed by atoms with Gasteiger partial charge >= 0.3 is 6.18 Å². The molecule has 2 N–H and O–H groups in total. The summed E-state index contributed by atoms with van der Waals surface area (Å²) < 4.78 is 46.3. The van der Waals surface area contributed by atoms with Crippen LogP contribution in [0, 0.1) is 0 Å². The lowest BCUT2D eigenvalue weighted by molar-refractivity contribution is -0.141. The van der Waals surface area contributed by atoms with E-state index in [0.29, 0.717) is 11.3 Å². The number of hydrogen-bond donors (Lipinski definition) is 2. The summed E-state index contributed by atoms with van der Waals surface area (Å²) in [7, 11) is 1.54. The maximum absolute atomic E-state index is 13.2. The minimum absolute atomic E-state index is 0.202. The van der Waals surface area contributed by atoms with Gasteiger partial charge in [-0.25, -0.2) is 10.5 Å². The highest BCUT2D eigenvalue weighted by Crippen LogP contribution is 2.29. The van der Waals surface area contributed by atoms with Gasteiger partial charge in [0.05, 0.1) is 7.11 Å². The highest BCUT2D eigenvalue weighted by molar-refractivity contribution is 5.90. The molecule has 0 aliphatic heterocycles. The minimum Gasteiger partial charge on any atom is -0.497 e. The van der Waals surface area contributed by atoms with Crippen molar-refractivity contribution in [3.05, 3.63) is 89.0 Å². The van der Waals surface area contributed by atoms with Gasteiger partial charge in [-0.15, -0.1) is 0 Å². The summed E-state index contributed by atoms with van der Waals surface area (Å²) in [5.41, 5.74) is 2.83. The van der Waals surface area contributed by atoms with Gasteiger partial charge < -0.3 is 9.30 Å². The first-order chi connectivity index (χ1) is 14.8. The molecule has 31 heavy (non-hydrogen) atoms. The fraction of sp³-hybridized carbons (Fsp3) is 0.182. The van der Waals surface area contributed by atoms with Crippen LogP contribution in [0.2, 0.25) is 0 Å². The zero-order valence-corrected chi connectivity index (χ0v) is 16.6. The molecular weight excluding hydrogens is 411 g/mol. The molecule has 0 aliphatic rings. The van der Waals surface area contributed by atoms with Crippen molar-refractivity contribution in [2.45, 2.75) is 19.1 Å². The summed E-state index contributed by atoms with van der Waals surface area (Å²) in [4.78, 5) is 14.9. The second kappa shape index (κ2) is 9.48. The van der Waals surface area contributed by atoms with Crippen molar-refractivity contribution >= 4 is 12.0 Å². The van der Waals surface area contributed by atoms with Gasteiger partial charge in [0.25, 0.3) is 5.91 Å². The molecule has 0 radical (unpaired) electrons. The Hall–Kier alpha value is -3.59. The van der Waals surface area contributed by atoms with E-state index in [-0.39, 0.29) is 18.8 Å². The third kappa shape index (κ3) is 5.95. The van der Waals surface area contributed by atoms with E-state index < -0.39 is 17.8 Å². The van der Waals surface area contributed by atoms with Crippen LogP contribution in [0.5, 0.6) is 5.75 Å². The fourth-order valence-corrected chi connectivity index (χ4v) is 2.93. The predicted octanol–water partition coefficient (Wildman–Crippen LogP) is 4.07. The Bertz CT molecular complexity index is 1060.